The molecule has 0 aromatic heterocycles. The lowest BCUT2D eigenvalue weighted by Crippen LogP contribution is -2.56. The number of alkyl carbamates (subject to hydrolysis) is 1. The molecule has 9 heteroatoms. The first kappa shape index (κ1) is 34.3. The Balaban J connectivity index is 2.63. The normalized spacial score (nSPS) is 13.5. The van der Waals surface area contributed by atoms with Gasteiger partial charge in [-0.3, -0.25) is 14.4 Å². The summed E-state index contributed by atoms with van der Waals surface area (Å²) in [5.41, 5.74) is 8.12. The van der Waals surface area contributed by atoms with Gasteiger partial charge in [0, 0.05) is 12.6 Å². The predicted octanol–water partition coefficient (Wildman–Crippen LogP) is 5.08. The van der Waals surface area contributed by atoms with Crippen molar-refractivity contribution in [2.75, 3.05) is 0 Å². The van der Waals surface area contributed by atoms with Crippen LogP contribution < -0.4 is 16.4 Å². The largest absolute Gasteiger partial charge is 0.444 e. The zero-order chi connectivity index (χ0) is 31.6. The Labute approximate surface area is 250 Å². The van der Waals surface area contributed by atoms with E-state index in [2.05, 4.69) is 24.5 Å². The molecule has 0 radical (unpaired) electrons. The van der Waals surface area contributed by atoms with Gasteiger partial charge in [-0.15, -0.1) is 0 Å². The predicted molar refractivity (Wildman–Crippen MR) is 164 cm³/mol. The number of rotatable bonds is 13. The minimum absolute atomic E-state index is 0.268. The molecule has 3 atom stereocenters. The number of nitrogens with two attached hydrogens (primary N) is 1. The average molecular weight is 581 g/mol. The van der Waals surface area contributed by atoms with Gasteiger partial charge in [-0.05, 0) is 82.6 Å². The van der Waals surface area contributed by atoms with E-state index in [4.69, 9.17) is 10.5 Å². The molecule has 2 rings (SSSR count). The lowest BCUT2D eigenvalue weighted by Gasteiger charge is -2.39. The highest BCUT2D eigenvalue weighted by atomic mass is 16.6. The van der Waals surface area contributed by atoms with Gasteiger partial charge in [0.15, 0.2) is 0 Å². The fourth-order valence-corrected chi connectivity index (χ4v) is 4.71. The molecule has 0 aliphatic heterocycles. The molecule has 0 spiro atoms. The SMILES string of the molecule is Cc1cccc(C(C(=O)NCc2ccccc2)N(C(=O)C(CC(N)=O)NC(=O)OC(C)(C)C)C(C)CCC(C)C)c1C. The number of benzene rings is 2. The zero-order valence-corrected chi connectivity index (χ0v) is 26.3. The van der Waals surface area contributed by atoms with Gasteiger partial charge in [0.05, 0.1) is 6.42 Å². The minimum atomic E-state index is -1.33. The van der Waals surface area contributed by atoms with Crippen molar-refractivity contribution in [2.24, 2.45) is 11.7 Å². The molecule has 230 valence electrons. The van der Waals surface area contributed by atoms with E-state index in [0.29, 0.717) is 17.9 Å². The molecule has 4 amide bonds. The number of amides is 4. The van der Waals surface area contributed by atoms with Crippen LogP contribution in [0, 0.1) is 19.8 Å². The zero-order valence-electron chi connectivity index (χ0n) is 26.3. The third-order valence-electron chi connectivity index (χ3n) is 7.06. The fourth-order valence-electron chi connectivity index (χ4n) is 4.71. The summed E-state index contributed by atoms with van der Waals surface area (Å²) in [5, 5.41) is 5.56. The number of nitrogens with zero attached hydrogens (tertiary/aromatic N) is 1. The van der Waals surface area contributed by atoms with Crippen LogP contribution in [0.5, 0.6) is 0 Å². The number of ether oxygens (including phenoxy) is 1. The maximum absolute atomic E-state index is 14.4. The van der Waals surface area contributed by atoms with Gasteiger partial charge in [-0.1, -0.05) is 62.4 Å². The second kappa shape index (κ2) is 15.4. The molecule has 9 nitrogen and oxygen atoms in total. The van der Waals surface area contributed by atoms with E-state index in [9.17, 15) is 19.2 Å². The Morgan fingerprint density at radius 1 is 0.929 bits per heavy atom. The van der Waals surface area contributed by atoms with Gasteiger partial charge in [-0.2, -0.15) is 0 Å². The van der Waals surface area contributed by atoms with Crippen LogP contribution in [0.1, 0.15) is 89.1 Å². The highest BCUT2D eigenvalue weighted by Crippen LogP contribution is 2.31. The summed E-state index contributed by atoms with van der Waals surface area (Å²) in [6.07, 6.45) is 0.104. The average Bonchev–Trinajstić information content (AvgIpc) is 2.89. The Morgan fingerprint density at radius 3 is 2.14 bits per heavy atom. The summed E-state index contributed by atoms with van der Waals surface area (Å²) in [5.74, 6) is -1.36. The molecule has 0 aliphatic carbocycles. The van der Waals surface area contributed by atoms with Crippen LogP contribution in [-0.4, -0.2) is 46.4 Å². The molecule has 0 aliphatic rings. The van der Waals surface area contributed by atoms with Crippen molar-refractivity contribution < 1.29 is 23.9 Å². The number of nitrogens with one attached hydrogen (secondary N) is 2. The molecule has 3 unspecified atom stereocenters. The van der Waals surface area contributed by atoms with E-state index >= 15 is 0 Å². The number of carbonyl (C=O) groups is 4. The topological polar surface area (TPSA) is 131 Å². The Bertz CT molecular complexity index is 1220. The molecule has 0 heterocycles. The van der Waals surface area contributed by atoms with Crippen molar-refractivity contribution in [3.8, 4) is 0 Å². The van der Waals surface area contributed by atoms with Crippen molar-refractivity contribution >= 4 is 23.8 Å². The summed E-state index contributed by atoms with van der Waals surface area (Å²) in [7, 11) is 0. The highest BCUT2D eigenvalue weighted by Gasteiger charge is 2.40. The van der Waals surface area contributed by atoms with E-state index in [1.54, 1.807) is 20.8 Å². The van der Waals surface area contributed by atoms with Crippen LogP contribution in [0.4, 0.5) is 4.79 Å². The van der Waals surface area contributed by atoms with Crippen LogP contribution >= 0.6 is 0 Å². The molecule has 2 aromatic rings. The van der Waals surface area contributed by atoms with E-state index in [1.807, 2.05) is 69.3 Å². The van der Waals surface area contributed by atoms with Crippen molar-refractivity contribution in [2.45, 2.75) is 105 Å². The first-order valence-corrected chi connectivity index (χ1v) is 14.6. The van der Waals surface area contributed by atoms with Gasteiger partial charge in [0.2, 0.25) is 17.7 Å². The maximum atomic E-state index is 14.4. The van der Waals surface area contributed by atoms with Gasteiger partial charge >= 0.3 is 6.09 Å². The minimum Gasteiger partial charge on any atom is -0.444 e. The van der Waals surface area contributed by atoms with Crippen LogP contribution in [0.25, 0.3) is 0 Å². The molecule has 0 fully saturated rings. The molecule has 0 saturated carbocycles. The molecule has 42 heavy (non-hydrogen) atoms. The van der Waals surface area contributed by atoms with E-state index in [1.165, 1.54) is 4.90 Å². The number of carbonyl (C=O) groups excluding carboxylic acids is 4. The number of primary amides is 1. The summed E-state index contributed by atoms with van der Waals surface area (Å²) in [6.45, 7) is 15.3. The van der Waals surface area contributed by atoms with Gasteiger partial charge < -0.3 is 26.0 Å². The second-order valence-electron chi connectivity index (χ2n) is 12.3. The van der Waals surface area contributed by atoms with Crippen LogP contribution in [-0.2, 0) is 25.7 Å². The molecule has 2 aromatic carbocycles. The van der Waals surface area contributed by atoms with Crippen molar-refractivity contribution in [1.29, 1.82) is 0 Å². The molecule has 4 N–H and O–H groups in total. The monoisotopic (exact) mass is 580 g/mol. The van der Waals surface area contributed by atoms with E-state index in [-0.39, 0.29) is 12.5 Å². The molecular weight excluding hydrogens is 532 g/mol. The van der Waals surface area contributed by atoms with Crippen molar-refractivity contribution in [1.82, 2.24) is 15.5 Å². The molecule has 0 bridgehead atoms. The smallest absolute Gasteiger partial charge is 0.408 e. The van der Waals surface area contributed by atoms with Crippen molar-refractivity contribution in [3.63, 3.8) is 0 Å². The third-order valence-corrected chi connectivity index (χ3v) is 7.06. The molecule has 0 saturated heterocycles. The summed E-state index contributed by atoms with van der Waals surface area (Å²) >= 11 is 0. The standard InChI is InChI=1S/C33H48N4O5/c1-21(2)17-18-23(4)37(31(40)27(19-28(34)38)36-32(41)42-33(6,7)8)29(26-16-12-13-22(3)24(26)5)30(39)35-20-25-14-10-9-11-15-25/h9-16,21,23,27,29H,17-20H2,1-8H3,(H2,34,38)(H,35,39)(H,36,41). The first-order chi connectivity index (χ1) is 19.6. The van der Waals surface area contributed by atoms with Crippen LogP contribution in [0.15, 0.2) is 48.5 Å². The second-order valence-corrected chi connectivity index (χ2v) is 12.3. The summed E-state index contributed by atoms with van der Waals surface area (Å²) in [4.78, 5) is 54.9. The highest BCUT2D eigenvalue weighted by molar-refractivity contribution is 5.95. The van der Waals surface area contributed by atoms with Gasteiger partial charge in [0.1, 0.15) is 17.7 Å². The van der Waals surface area contributed by atoms with Gasteiger partial charge in [-0.25, -0.2) is 4.79 Å². The fraction of sp³-hybridized carbons (Fsp3) is 0.515. The summed E-state index contributed by atoms with van der Waals surface area (Å²) in [6, 6.07) is 12.4. The van der Waals surface area contributed by atoms with Gasteiger partial charge in [0.25, 0.3) is 0 Å². The Kier molecular flexibility index (Phi) is 12.6. The number of hydrogen-bond donors (Lipinski definition) is 3. The lowest BCUT2D eigenvalue weighted by atomic mass is 9.92. The quantitative estimate of drug-likeness (QED) is 0.304. The summed E-state index contributed by atoms with van der Waals surface area (Å²) < 4.78 is 5.38. The lowest BCUT2D eigenvalue weighted by molar-refractivity contribution is -0.146. The Hall–Kier alpha value is -3.88. The van der Waals surface area contributed by atoms with Crippen LogP contribution in [0.3, 0.4) is 0 Å². The van der Waals surface area contributed by atoms with Crippen molar-refractivity contribution in [3.05, 3.63) is 70.8 Å². The third kappa shape index (κ3) is 10.5. The first-order valence-electron chi connectivity index (χ1n) is 14.6. The maximum Gasteiger partial charge on any atom is 0.408 e. The van der Waals surface area contributed by atoms with E-state index in [0.717, 1.165) is 23.1 Å². The Morgan fingerprint density at radius 2 is 1.57 bits per heavy atom. The number of hydrogen-bond acceptors (Lipinski definition) is 5. The molecular formula is C33H48N4O5. The van der Waals surface area contributed by atoms with Crippen LogP contribution in [0.2, 0.25) is 0 Å². The van der Waals surface area contributed by atoms with E-state index < -0.39 is 48.1 Å². The number of aryl methyl sites for hydroxylation is 1.